The molecule has 1 N–H and O–H groups in total. The molecular formula is C23H28ClN3O6S. The highest BCUT2D eigenvalue weighted by atomic mass is 35.5. The van der Waals surface area contributed by atoms with Gasteiger partial charge in [0.2, 0.25) is 28.6 Å². The fraction of sp³-hybridized carbons (Fsp3) is 0.391. The van der Waals surface area contributed by atoms with Gasteiger partial charge >= 0.3 is 0 Å². The van der Waals surface area contributed by atoms with Crippen molar-refractivity contribution < 1.29 is 27.5 Å². The van der Waals surface area contributed by atoms with Gasteiger partial charge in [0.15, 0.2) is 11.5 Å². The highest BCUT2D eigenvalue weighted by Gasteiger charge is 2.33. The average Bonchev–Trinajstić information content (AvgIpc) is 3.31. The van der Waals surface area contributed by atoms with E-state index in [0.29, 0.717) is 28.5 Å². The number of halogens is 1. The lowest BCUT2D eigenvalue weighted by Crippen LogP contribution is -2.52. The van der Waals surface area contributed by atoms with E-state index in [0.717, 1.165) is 4.31 Å². The van der Waals surface area contributed by atoms with Crippen molar-refractivity contribution >= 4 is 39.1 Å². The van der Waals surface area contributed by atoms with E-state index < -0.39 is 28.5 Å². The first-order valence-corrected chi connectivity index (χ1v) is 12.8. The quantitative estimate of drug-likeness (QED) is 0.528. The predicted octanol–water partition coefficient (Wildman–Crippen LogP) is 2.78. The lowest BCUT2D eigenvalue weighted by atomic mass is 10.1. The Labute approximate surface area is 204 Å². The van der Waals surface area contributed by atoms with E-state index in [-0.39, 0.29) is 30.7 Å². The third-order valence-electron chi connectivity index (χ3n) is 5.55. The lowest BCUT2D eigenvalue weighted by Gasteiger charge is -2.33. The maximum absolute atomic E-state index is 13.6. The molecule has 1 atom stereocenters. The van der Waals surface area contributed by atoms with Crippen molar-refractivity contribution in [1.82, 2.24) is 10.2 Å². The van der Waals surface area contributed by atoms with Crippen LogP contribution in [-0.2, 0) is 26.2 Å². The Morgan fingerprint density at radius 1 is 1.12 bits per heavy atom. The van der Waals surface area contributed by atoms with Gasteiger partial charge in [0, 0.05) is 24.7 Å². The van der Waals surface area contributed by atoms with Crippen molar-refractivity contribution in [3.05, 3.63) is 53.1 Å². The second-order valence-corrected chi connectivity index (χ2v) is 10.2. The molecule has 0 saturated carbocycles. The predicted molar refractivity (Wildman–Crippen MR) is 130 cm³/mol. The highest BCUT2D eigenvalue weighted by Crippen LogP contribution is 2.36. The van der Waals surface area contributed by atoms with Crippen LogP contribution >= 0.6 is 11.6 Å². The van der Waals surface area contributed by atoms with Crippen molar-refractivity contribution in [3.8, 4) is 11.5 Å². The Kier molecular flexibility index (Phi) is 8.27. The minimum Gasteiger partial charge on any atom is -0.454 e. The summed E-state index contributed by atoms with van der Waals surface area (Å²) in [4.78, 5) is 27.6. The lowest BCUT2D eigenvalue weighted by molar-refractivity contribution is -0.140. The standard InChI is InChI=1S/C23H28ClN3O6S/c1-4-19(23(29)25-3)26(13-16-8-6-7-9-18(16)24)22(28)14-27(34(30,31)5-2)17-10-11-20-21(12-17)33-15-32-20/h6-12,19H,4-5,13-15H2,1-3H3,(H,25,29). The number of nitrogens with zero attached hydrogens (tertiary/aromatic N) is 2. The van der Waals surface area contributed by atoms with Crippen LogP contribution in [0.1, 0.15) is 25.8 Å². The first kappa shape index (κ1) is 25.6. The summed E-state index contributed by atoms with van der Waals surface area (Å²) in [6, 6.07) is 10.9. The summed E-state index contributed by atoms with van der Waals surface area (Å²) in [5.74, 6) is -0.215. The van der Waals surface area contributed by atoms with Gasteiger partial charge in [-0.15, -0.1) is 0 Å². The first-order valence-electron chi connectivity index (χ1n) is 10.9. The molecule has 9 nitrogen and oxygen atoms in total. The molecular weight excluding hydrogens is 482 g/mol. The number of anilines is 1. The maximum Gasteiger partial charge on any atom is 0.244 e. The van der Waals surface area contributed by atoms with Gasteiger partial charge in [-0.1, -0.05) is 36.7 Å². The fourth-order valence-corrected chi connectivity index (χ4v) is 4.91. The Bertz CT molecular complexity index is 1160. The van der Waals surface area contributed by atoms with Gasteiger partial charge in [0.05, 0.1) is 11.4 Å². The van der Waals surface area contributed by atoms with Gasteiger partial charge < -0.3 is 19.7 Å². The topological polar surface area (TPSA) is 105 Å². The molecule has 2 aromatic carbocycles. The summed E-state index contributed by atoms with van der Waals surface area (Å²) in [5.41, 5.74) is 0.915. The largest absolute Gasteiger partial charge is 0.454 e. The number of amides is 2. The molecule has 0 radical (unpaired) electrons. The highest BCUT2D eigenvalue weighted by molar-refractivity contribution is 7.92. The van der Waals surface area contributed by atoms with Crippen LogP contribution in [0.15, 0.2) is 42.5 Å². The molecule has 0 aliphatic carbocycles. The molecule has 0 bridgehead atoms. The van der Waals surface area contributed by atoms with E-state index in [2.05, 4.69) is 5.32 Å². The monoisotopic (exact) mass is 509 g/mol. The molecule has 1 aliphatic rings. The number of likely N-dealkylation sites (N-methyl/N-ethyl adjacent to an activating group) is 1. The summed E-state index contributed by atoms with van der Waals surface area (Å²) in [7, 11) is -2.35. The minimum absolute atomic E-state index is 0.0359. The molecule has 184 valence electrons. The van der Waals surface area contributed by atoms with E-state index >= 15 is 0 Å². The molecule has 34 heavy (non-hydrogen) atoms. The van der Waals surface area contributed by atoms with Crippen molar-refractivity contribution in [2.24, 2.45) is 0 Å². The van der Waals surface area contributed by atoms with E-state index in [1.54, 1.807) is 43.3 Å². The van der Waals surface area contributed by atoms with Crippen LogP contribution in [0.25, 0.3) is 0 Å². The molecule has 0 aromatic heterocycles. The molecule has 11 heteroatoms. The van der Waals surface area contributed by atoms with Crippen LogP contribution in [0.2, 0.25) is 5.02 Å². The van der Waals surface area contributed by atoms with Crippen molar-refractivity contribution in [2.45, 2.75) is 32.9 Å². The molecule has 1 unspecified atom stereocenters. The molecule has 2 amide bonds. The maximum atomic E-state index is 13.6. The van der Waals surface area contributed by atoms with E-state index in [9.17, 15) is 18.0 Å². The number of sulfonamides is 1. The zero-order chi connectivity index (χ0) is 24.9. The van der Waals surface area contributed by atoms with Gasteiger partial charge in [-0.3, -0.25) is 13.9 Å². The minimum atomic E-state index is -3.84. The van der Waals surface area contributed by atoms with Crippen LogP contribution in [0.3, 0.4) is 0 Å². The van der Waals surface area contributed by atoms with Crippen LogP contribution in [0, 0.1) is 0 Å². The molecule has 0 spiro atoms. The Hall–Kier alpha value is -2.98. The van der Waals surface area contributed by atoms with Crippen molar-refractivity contribution in [1.29, 1.82) is 0 Å². The number of nitrogens with one attached hydrogen (secondary N) is 1. The first-order chi connectivity index (χ1) is 16.2. The third-order valence-corrected chi connectivity index (χ3v) is 7.66. The fourth-order valence-electron chi connectivity index (χ4n) is 3.66. The van der Waals surface area contributed by atoms with E-state index in [1.807, 2.05) is 0 Å². The third kappa shape index (κ3) is 5.56. The second-order valence-electron chi connectivity index (χ2n) is 7.60. The van der Waals surface area contributed by atoms with Gasteiger partial charge in [-0.05, 0) is 37.1 Å². The zero-order valence-corrected chi connectivity index (χ0v) is 20.9. The van der Waals surface area contributed by atoms with Crippen LogP contribution in [0.4, 0.5) is 5.69 Å². The van der Waals surface area contributed by atoms with Crippen LogP contribution in [-0.4, -0.2) is 57.3 Å². The Balaban J connectivity index is 1.98. The van der Waals surface area contributed by atoms with Crippen LogP contribution in [0.5, 0.6) is 11.5 Å². The Morgan fingerprint density at radius 3 is 2.47 bits per heavy atom. The summed E-state index contributed by atoms with van der Waals surface area (Å²) in [5, 5.41) is 3.02. The Morgan fingerprint density at radius 2 is 1.82 bits per heavy atom. The van der Waals surface area contributed by atoms with Gasteiger partial charge in [0.1, 0.15) is 12.6 Å². The molecule has 0 saturated heterocycles. The summed E-state index contributed by atoms with van der Waals surface area (Å²) < 4.78 is 37.7. The summed E-state index contributed by atoms with van der Waals surface area (Å²) in [6.45, 7) is 2.87. The normalized spacial score (nSPS) is 13.3. The average molecular weight is 510 g/mol. The molecule has 1 aliphatic heterocycles. The van der Waals surface area contributed by atoms with Gasteiger partial charge in [-0.2, -0.15) is 0 Å². The van der Waals surface area contributed by atoms with Gasteiger partial charge in [-0.25, -0.2) is 8.42 Å². The molecule has 2 aromatic rings. The number of hydrogen-bond donors (Lipinski definition) is 1. The summed E-state index contributed by atoms with van der Waals surface area (Å²) in [6.07, 6.45) is 0.334. The molecule has 3 rings (SSSR count). The number of hydrogen-bond acceptors (Lipinski definition) is 6. The number of benzene rings is 2. The number of rotatable bonds is 10. The second kappa shape index (κ2) is 11.0. The summed E-state index contributed by atoms with van der Waals surface area (Å²) >= 11 is 6.31. The molecule has 0 fully saturated rings. The number of carbonyl (C=O) groups excluding carboxylic acids is 2. The van der Waals surface area contributed by atoms with Crippen molar-refractivity contribution in [2.75, 3.05) is 30.4 Å². The van der Waals surface area contributed by atoms with Crippen LogP contribution < -0.4 is 19.1 Å². The van der Waals surface area contributed by atoms with E-state index in [4.69, 9.17) is 21.1 Å². The number of fused-ring (bicyclic) bond motifs is 1. The molecule has 1 heterocycles. The van der Waals surface area contributed by atoms with E-state index in [1.165, 1.54) is 24.9 Å². The zero-order valence-electron chi connectivity index (χ0n) is 19.3. The smallest absolute Gasteiger partial charge is 0.244 e. The SMILES string of the molecule is CCC(C(=O)NC)N(Cc1ccccc1Cl)C(=O)CN(c1ccc2c(c1)OCO2)S(=O)(=O)CC. The number of carbonyl (C=O) groups is 2. The van der Waals surface area contributed by atoms with Gasteiger partial charge in [0.25, 0.3) is 0 Å². The number of ether oxygens (including phenoxy) is 2. The van der Waals surface area contributed by atoms with Crippen molar-refractivity contribution in [3.63, 3.8) is 0 Å².